The molecule has 1 N–H and O–H groups in total. The van der Waals surface area contributed by atoms with Crippen molar-refractivity contribution < 1.29 is 0 Å². The zero-order chi connectivity index (χ0) is 10.6. The first-order valence-corrected chi connectivity index (χ1v) is 5.76. The minimum Gasteiger partial charge on any atom is -0.354 e. The zero-order valence-electron chi connectivity index (χ0n) is 9.16. The highest BCUT2D eigenvalue weighted by Crippen LogP contribution is 2.21. The second kappa shape index (κ2) is 5.20. The lowest BCUT2D eigenvalue weighted by Crippen LogP contribution is -2.04. The van der Waals surface area contributed by atoms with Gasteiger partial charge in [0.2, 0.25) is 5.95 Å². The molecule has 14 heavy (non-hydrogen) atoms. The van der Waals surface area contributed by atoms with Gasteiger partial charge in [-0.2, -0.15) is 0 Å². The molecule has 1 aromatic heterocycles. The third-order valence-electron chi connectivity index (χ3n) is 1.52. The minimum absolute atomic E-state index is 0.554. The number of nitrogens with one attached hydrogen (secondary N) is 1. The van der Waals surface area contributed by atoms with Crippen molar-refractivity contribution in [2.45, 2.75) is 38.0 Å². The van der Waals surface area contributed by atoms with E-state index in [1.54, 1.807) is 11.8 Å². The van der Waals surface area contributed by atoms with E-state index in [-0.39, 0.29) is 0 Å². The van der Waals surface area contributed by atoms with Crippen molar-refractivity contribution in [3.8, 4) is 0 Å². The molecule has 1 rings (SSSR count). The molecule has 0 saturated carbocycles. The van der Waals surface area contributed by atoms with Crippen LogP contribution in [0.15, 0.2) is 11.1 Å². The van der Waals surface area contributed by atoms with Crippen molar-refractivity contribution in [1.82, 2.24) is 9.97 Å². The van der Waals surface area contributed by atoms with Gasteiger partial charge < -0.3 is 5.32 Å². The maximum atomic E-state index is 4.40. The van der Waals surface area contributed by atoms with Crippen LogP contribution in [-0.2, 0) is 0 Å². The standard InChI is InChI=1S/C10H17N3S/c1-5-11-10-12-8(4)6-9(13-10)14-7(2)3/h6-7H,5H2,1-4H3,(H,11,12,13). The van der Waals surface area contributed by atoms with Gasteiger partial charge in [0.05, 0.1) is 0 Å². The molecule has 78 valence electrons. The van der Waals surface area contributed by atoms with Gasteiger partial charge in [-0.1, -0.05) is 13.8 Å². The van der Waals surface area contributed by atoms with Gasteiger partial charge in [0.1, 0.15) is 5.03 Å². The van der Waals surface area contributed by atoms with Crippen LogP contribution in [0.1, 0.15) is 26.5 Å². The fraction of sp³-hybridized carbons (Fsp3) is 0.600. The number of aryl methyl sites for hydroxylation is 1. The highest BCUT2D eigenvalue weighted by atomic mass is 32.2. The molecule has 0 fully saturated rings. The third kappa shape index (κ3) is 3.54. The molecule has 1 aromatic rings. The van der Waals surface area contributed by atoms with Gasteiger partial charge in [-0.05, 0) is 19.9 Å². The molecule has 0 aliphatic rings. The Balaban J connectivity index is 2.83. The summed E-state index contributed by atoms with van der Waals surface area (Å²) in [6.07, 6.45) is 0. The molecule has 0 amide bonds. The highest BCUT2D eigenvalue weighted by molar-refractivity contribution is 7.99. The van der Waals surface area contributed by atoms with Gasteiger partial charge in [0.15, 0.2) is 0 Å². The van der Waals surface area contributed by atoms with E-state index in [4.69, 9.17) is 0 Å². The lowest BCUT2D eigenvalue weighted by molar-refractivity contribution is 0.977. The van der Waals surface area contributed by atoms with Gasteiger partial charge >= 0.3 is 0 Å². The molecule has 1 heterocycles. The first kappa shape index (κ1) is 11.3. The number of hydrogen-bond donors (Lipinski definition) is 1. The first-order valence-electron chi connectivity index (χ1n) is 4.88. The highest BCUT2D eigenvalue weighted by Gasteiger charge is 2.03. The van der Waals surface area contributed by atoms with Crippen LogP contribution in [0.4, 0.5) is 5.95 Å². The molecule has 0 unspecified atom stereocenters. The minimum atomic E-state index is 0.554. The lowest BCUT2D eigenvalue weighted by atomic mass is 10.5. The van der Waals surface area contributed by atoms with E-state index in [9.17, 15) is 0 Å². The lowest BCUT2D eigenvalue weighted by Gasteiger charge is -2.07. The maximum absolute atomic E-state index is 4.40. The van der Waals surface area contributed by atoms with Gasteiger partial charge in [-0.25, -0.2) is 9.97 Å². The van der Waals surface area contributed by atoms with E-state index < -0.39 is 0 Å². The Bertz CT molecular complexity index is 299. The second-order valence-electron chi connectivity index (χ2n) is 3.37. The van der Waals surface area contributed by atoms with E-state index in [1.165, 1.54) is 0 Å². The molecule has 4 heteroatoms. The number of anilines is 1. The second-order valence-corrected chi connectivity index (χ2v) is 4.96. The summed E-state index contributed by atoms with van der Waals surface area (Å²) in [4.78, 5) is 8.70. The van der Waals surface area contributed by atoms with Gasteiger partial charge in [-0.15, -0.1) is 11.8 Å². The smallest absolute Gasteiger partial charge is 0.223 e. The van der Waals surface area contributed by atoms with Crippen LogP contribution in [-0.4, -0.2) is 21.8 Å². The monoisotopic (exact) mass is 211 g/mol. The van der Waals surface area contributed by atoms with E-state index in [2.05, 4.69) is 29.1 Å². The van der Waals surface area contributed by atoms with Crippen molar-refractivity contribution >= 4 is 17.7 Å². The number of hydrogen-bond acceptors (Lipinski definition) is 4. The number of rotatable bonds is 4. The van der Waals surface area contributed by atoms with Crippen molar-refractivity contribution in [2.24, 2.45) is 0 Å². The fourth-order valence-electron chi connectivity index (χ4n) is 1.08. The van der Waals surface area contributed by atoms with E-state index in [0.29, 0.717) is 5.25 Å². The summed E-state index contributed by atoms with van der Waals surface area (Å²) in [6, 6.07) is 2.02. The van der Waals surface area contributed by atoms with Gasteiger partial charge in [-0.3, -0.25) is 0 Å². The molecule has 0 radical (unpaired) electrons. The number of aromatic nitrogens is 2. The molecule has 0 bridgehead atoms. The predicted molar refractivity (Wildman–Crippen MR) is 61.9 cm³/mol. The molecule has 0 aliphatic heterocycles. The summed E-state index contributed by atoms with van der Waals surface area (Å²) in [5.74, 6) is 0.732. The van der Waals surface area contributed by atoms with Crippen LogP contribution in [0.2, 0.25) is 0 Å². The molecule has 0 saturated heterocycles. The van der Waals surface area contributed by atoms with Crippen LogP contribution < -0.4 is 5.32 Å². The van der Waals surface area contributed by atoms with Crippen molar-refractivity contribution in [3.05, 3.63) is 11.8 Å². The predicted octanol–water partition coefficient (Wildman–Crippen LogP) is 2.72. The van der Waals surface area contributed by atoms with Crippen LogP contribution in [0.25, 0.3) is 0 Å². The average molecular weight is 211 g/mol. The average Bonchev–Trinajstić information content (AvgIpc) is 2.01. The molecule has 3 nitrogen and oxygen atoms in total. The van der Waals surface area contributed by atoms with E-state index in [0.717, 1.165) is 23.2 Å². The van der Waals surface area contributed by atoms with Crippen LogP contribution in [0.5, 0.6) is 0 Å². The third-order valence-corrected chi connectivity index (χ3v) is 2.44. The van der Waals surface area contributed by atoms with E-state index in [1.807, 2.05) is 19.9 Å². The van der Waals surface area contributed by atoms with Gasteiger partial charge in [0.25, 0.3) is 0 Å². The van der Waals surface area contributed by atoms with Crippen molar-refractivity contribution in [3.63, 3.8) is 0 Å². The van der Waals surface area contributed by atoms with Crippen molar-refractivity contribution in [2.75, 3.05) is 11.9 Å². The Morgan fingerprint density at radius 3 is 2.71 bits per heavy atom. The number of nitrogens with zero attached hydrogens (tertiary/aromatic N) is 2. The normalized spacial score (nSPS) is 10.6. The SMILES string of the molecule is CCNc1nc(C)cc(SC(C)C)n1. The maximum Gasteiger partial charge on any atom is 0.223 e. The van der Waals surface area contributed by atoms with Crippen LogP contribution in [0.3, 0.4) is 0 Å². The fourth-order valence-corrected chi connectivity index (χ4v) is 1.94. The Morgan fingerprint density at radius 2 is 2.14 bits per heavy atom. The molecule has 0 aliphatic carbocycles. The summed E-state index contributed by atoms with van der Waals surface area (Å²) in [6.45, 7) is 9.22. The molecular formula is C10H17N3S. The summed E-state index contributed by atoms with van der Waals surface area (Å²) in [7, 11) is 0. The number of thioether (sulfide) groups is 1. The summed E-state index contributed by atoms with van der Waals surface area (Å²) < 4.78 is 0. The Kier molecular flexibility index (Phi) is 4.20. The molecule has 0 aromatic carbocycles. The Morgan fingerprint density at radius 1 is 1.43 bits per heavy atom. The molecule has 0 spiro atoms. The summed E-state index contributed by atoms with van der Waals surface area (Å²) >= 11 is 1.76. The quantitative estimate of drug-likeness (QED) is 0.614. The largest absolute Gasteiger partial charge is 0.354 e. The Labute approximate surface area is 89.7 Å². The summed E-state index contributed by atoms with van der Waals surface area (Å²) in [5, 5.41) is 4.73. The van der Waals surface area contributed by atoms with Crippen molar-refractivity contribution in [1.29, 1.82) is 0 Å². The molecular weight excluding hydrogens is 194 g/mol. The van der Waals surface area contributed by atoms with E-state index >= 15 is 0 Å². The summed E-state index contributed by atoms with van der Waals surface area (Å²) in [5.41, 5.74) is 1.01. The first-order chi connectivity index (χ1) is 6.61. The topological polar surface area (TPSA) is 37.8 Å². The zero-order valence-corrected chi connectivity index (χ0v) is 9.98. The molecule has 0 atom stereocenters. The van der Waals surface area contributed by atoms with Gasteiger partial charge in [0, 0.05) is 17.5 Å². The van der Waals surface area contributed by atoms with Crippen LogP contribution >= 0.6 is 11.8 Å². The Hall–Kier alpha value is -0.770. The van der Waals surface area contributed by atoms with Crippen LogP contribution in [0, 0.1) is 6.92 Å².